The van der Waals surface area contributed by atoms with Crippen LogP contribution in [0.5, 0.6) is 0 Å². The second-order valence-electron chi connectivity index (χ2n) is 4.63. The predicted octanol–water partition coefficient (Wildman–Crippen LogP) is 4.85. The lowest BCUT2D eigenvalue weighted by molar-refractivity contribution is -0.111. The highest BCUT2D eigenvalue weighted by Crippen LogP contribution is 2.22. The standard InChI is InChI=1S/C17H13Cl2NO2/c1-11(21)13-3-2-4-15(9-13)20-17(22)8-6-12-5-7-14(18)10-16(12)19/h2-10H,1H3,(H,20,22)/b8-6-. The van der Waals surface area contributed by atoms with E-state index in [2.05, 4.69) is 5.32 Å². The Morgan fingerprint density at radius 2 is 1.86 bits per heavy atom. The van der Waals surface area contributed by atoms with Gasteiger partial charge in [0, 0.05) is 27.4 Å². The number of nitrogens with one attached hydrogen (secondary N) is 1. The number of Topliss-reactive ketones (excluding diaryl/α,β-unsaturated/α-hetero) is 1. The topological polar surface area (TPSA) is 46.2 Å². The van der Waals surface area contributed by atoms with E-state index in [9.17, 15) is 9.59 Å². The summed E-state index contributed by atoms with van der Waals surface area (Å²) in [5, 5.41) is 3.69. The molecule has 0 aliphatic carbocycles. The molecule has 0 aliphatic heterocycles. The van der Waals surface area contributed by atoms with Gasteiger partial charge in [-0.15, -0.1) is 0 Å². The van der Waals surface area contributed by atoms with Crippen molar-refractivity contribution in [1.82, 2.24) is 0 Å². The summed E-state index contributed by atoms with van der Waals surface area (Å²) in [7, 11) is 0. The Balaban J connectivity index is 2.08. The molecule has 22 heavy (non-hydrogen) atoms. The Hall–Kier alpha value is -2.10. The van der Waals surface area contributed by atoms with Gasteiger partial charge in [0.25, 0.3) is 0 Å². The van der Waals surface area contributed by atoms with Crippen LogP contribution < -0.4 is 5.32 Å². The number of amides is 1. The molecule has 5 heteroatoms. The van der Waals surface area contributed by atoms with Crippen molar-refractivity contribution in [1.29, 1.82) is 0 Å². The number of halogens is 2. The lowest BCUT2D eigenvalue weighted by atomic mass is 10.1. The number of hydrogen-bond acceptors (Lipinski definition) is 2. The van der Waals surface area contributed by atoms with Crippen molar-refractivity contribution in [2.75, 3.05) is 5.32 Å². The summed E-state index contributed by atoms with van der Waals surface area (Å²) < 4.78 is 0. The van der Waals surface area contributed by atoms with Crippen molar-refractivity contribution in [3.63, 3.8) is 0 Å². The zero-order valence-electron chi connectivity index (χ0n) is 11.8. The highest BCUT2D eigenvalue weighted by molar-refractivity contribution is 6.35. The molecule has 0 aliphatic rings. The average molecular weight is 334 g/mol. The molecule has 0 unspecified atom stereocenters. The number of carbonyl (C=O) groups is 2. The second-order valence-corrected chi connectivity index (χ2v) is 5.47. The summed E-state index contributed by atoms with van der Waals surface area (Å²) in [4.78, 5) is 23.2. The normalized spacial score (nSPS) is 10.7. The molecule has 0 aromatic heterocycles. The smallest absolute Gasteiger partial charge is 0.248 e. The van der Waals surface area contributed by atoms with Crippen molar-refractivity contribution in [2.45, 2.75) is 6.92 Å². The van der Waals surface area contributed by atoms with Crippen molar-refractivity contribution in [2.24, 2.45) is 0 Å². The van der Waals surface area contributed by atoms with Gasteiger partial charge in [-0.05, 0) is 42.8 Å². The molecule has 0 bridgehead atoms. The Labute approximate surface area is 138 Å². The molecule has 0 saturated carbocycles. The fourth-order valence-electron chi connectivity index (χ4n) is 1.80. The largest absolute Gasteiger partial charge is 0.322 e. The number of benzene rings is 2. The molecule has 0 radical (unpaired) electrons. The number of carbonyl (C=O) groups excluding carboxylic acids is 2. The zero-order valence-corrected chi connectivity index (χ0v) is 13.3. The first-order valence-electron chi connectivity index (χ1n) is 6.51. The van der Waals surface area contributed by atoms with E-state index in [0.29, 0.717) is 26.9 Å². The molecule has 3 nitrogen and oxygen atoms in total. The average Bonchev–Trinajstić information content (AvgIpc) is 2.46. The van der Waals surface area contributed by atoms with Gasteiger partial charge in [0.2, 0.25) is 5.91 Å². The minimum absolute atomic E-state index is 0.0559. The van der Waals surface area contributed by atoms with E-state index in [4.69, 9.17) is 23.2 Å². The van der Waals surface area contributed by atoms with Crippen LogP contribution in [0.1, 0.15) is 22.8 Å². The lowest BCUT2D eigenvalue weighted by Crippen LogP contribution is -2.08. The van der Waals surface area contributed by atoms with Gasteiger partial charge in [0.05, 0.1) is 0 Å². The Morgan fingerprint density at radius 1 is 1.09 bits per heavy atom. The Morgan fingerprint density at radius 3 is 2.55 bits per heavy atom. The fourth-order valence-corrected chi connectivity index (χ4v) is 2.27. The molecule has 1 amide bonds. The van der Waals surface area contributed by atoms with Crippen molar-refractivity contribution < 1.29 is 9.59 Å². The quantitative estimate of drug-likeness (QED) is 0.642. The third kappa shape index (κ3) is 4.45. The summed E-state index contributed by atoms with van der Waals surface area (Å²) in [5.74, 6) is -0.369. The maximum atomic E-state index is 11.9. The van der Waals surface area contributed by atoms with Crippen LogP contribution in [-0.4, -0.2) is 11.7 Å². The zero-order chi connectivity index (χ0) is 16.1. The van der Waals surface area contributed by atoms with Crippen LogP contribution in [-0.2, 0) is 4.79 Å². The van der Waals surface area contributed by atoms with Crippen LogP contribution >= 0.6 is 23.2 Å². The molecule has 0 saturated heterocycles. The fraction of sp³-hybridized carbons (Fsp3) is 0.0588. The van der Waals surface area contributed by atoms with Gasteiger partial charge in [-0.25, -0.2) is 0 Å². The molecule has 0 heterocycles. The molecule has 2 aromatic carbocycles. The monoisotopic (exact) mass is 333 g/mol. The summed E-state index contributed by atoms with van der Waals surface area (Å²) in [6.07, 6.45) is 2.97. The first-order valence-corrected chi connectivity index (χ1v) is 7.26. The number of hydrogen-bond donors (Lipinski definition) is 1. The Kier molecular flexibility index (Phi) is 5.36. The maximum absolute atomic E-state index is 11.9. The molecule has 2 aromatic rings. The van der Waals surface area contributed by atoms with Crippen LogP contribution in [0.3, 0.4) is 0 Å². The van der Waals surface area contributed by atoms with Gasteiger partial charge in [-0.3, -0.25) is 9.59 Å². The highest BCUT2D eigenvalue weighted by atomic mass is 35.5. The molecular formula is C17H13Cl2NO2. The first-order chi connectivity index (χ1) is 10.5. The van der Waals surface area contributed by atoms with Gasteiger partial charge in [0.15, 0.2) is 5.78 Å². The Bertz CT molecular complexity index is 754. The van der Waals surface area contributed by atoms with E-state index in [1.807, 2.05) is 0 Å². The van der Waals surface area contributed by atoms with Gasteiger partial charge in [-0.1, -0.05) is 41.4 Å². The van der Waals surface area contributed by atoms with E-state index in [1.165, 1.54) is 13.0 Å². The van der Waals surface area contributed by atoms with Gasteiger partial charge in [0.1, 0.15) is 0 Å². The summed E-state index contributed by atoms with van der Waals surface area (Å²) in [6.45, 7) is 1.48. The van der Waals surface area contributed by atoms with E-state index < -0.39 is 0 Å². The summed E-state index contributed by atoms with van der Waals surface area (Å²) in [5.41, 5.74) is 1.80. The maximum Gasteiger partial charge on any atom is 0.248 e. The number of rotatable bonds is 4. The molecule has 0 fully saturated rings. The van der Waals surface area contributed by atoms with E-state index in [1.54, 1.807) is 48.5 Å². The third-order valence-electron chi connectivity index (χ3n) is 2.91. The number of anilines is 1. The van der Waals surface area contributed by atoms with Gasteiger partial charge >= 0.3 is 0 Å². The van der Waals surface area contributed by atoms with Gasteiger partial charge < -0.3 is 5.32 Å². The molecular weight excluding hydrogens is 321 g/mol. The summed E-state index contributed by atoms with van der Waals surface area (Å²) >= 11 is 11.8. The van der Waals surface area contributed by atoms with Crippen LogP contribution in [0, 0.1) is 0 Å². The van der Waals surface area contributed by atoms with Gasteiger partial charge in [-0.2, -0.15) is 0 Å². The van der Waals surface area contributed by atoms with Crippen LogP contribution in [0.2, 0.25) is 10.0 Å². The SMILES string of the molecule is CC(=O)c1cccc(NC(=O)/C=C\c2ccc(Cl)cc2Cl)c1. The third-order valence-corrected chi connectivity index (χ3v) is 3.48. The molecule has 0 spiro atoms. The van der Waals surface area contributed by atoms with Crippen molar-refractivity contribution in [3.05, 3.63) is 69.7 Å². The van der Waals surface area contributed by atoms with Crippen molar-refractivity contribution >= 4 is 46.7 Å². The lowest BCUT2D eigenvalue weighted by Gasteiger charge is -2.04. The van der Waals surface area contributed by atoms with E-state index in [0.717, 1.165) is 0 Å². The minimum atomic E-state index is -0.313. The van der Waals surface area contributed by atoms with E-state index in [-0.39, 0.29) is 11.7 Å². The number of ketones is 1. The highest BCUT2D eigenvalue weighted by Gasteiger charge is 2.03. The molecule has 112 valence electrons. The van der Waals surface area contributed by atoms with Crippen LogP contribution in [0.15, 0.2) is 48.5 Å². The van der Waals surface area contributed by atoms with E-state index >= 15 is 0 Å². The second kappa shape index (κ2) is 7.25. The summed E-state index contributed by atoms with van der Waals surface area (Å²) in [6, 6.07) is 11.8. The minimum Gasteiger partial charge on any atom is -0.322 e. The molecule has 2 rings (SSSR count). The van der Waals surface area contributed by atoms with Crippen LogP contribution in [0.25, 0.3) is 6.08 Å². The first kappa shape index (κ1) is 16.3. The predicted molar refractivity (Wildman–Crippen MR) is 90.6 cm³/mol. The molecule has 0 atom stereocenters. The van der Waals surface area contributed by atoms with Crippen LogP contribution in [0.4, 0.5) is 5.69 Å². The van der Waals surface area contributed by atoms with Crippen molar-refractivity contribution in [3.8, 4) is 0 Å². The molecule has 1 N–H and O–H groups in total.